The van der Waals surface area contributed by atoms with Crippen LogP contribution in [0.3, 0.4) is 0 Å². The number of carbonyl (C=O) groups is 1. The second kappa shape index (κ2) is 7.43. The third-order valence-corrected chi connectivity index (χ3v) is 6.46. The molecule has 5 rings (SSSR count). The van der Waals surface area contributed by atoms with Crippen molar-refractivity contribution in [1.82, 2.24) is 14.7 Å². The first-order valence-electron chi connectivity index (χ1n) is 10.1. The van der Waals surface area contributed by atoms with Crippen molar-refractivity contribution in [3.8, 4) is 11.3 Å². The molecule has 1 amide bonds. The van der Waals surface area contributed by atoms with Gasteiger partial charge in [0.15, 0.2) is 0 Å². The van der Waals surface area contributed by atoms with Gasteiger partial charge in [0.2, 0.25) is 5.91 Å². The van der Waals surface area contributed by atoms with Crippen molar-refractivity contribution in [2.75, 3.05) is 6.54 Å². The molecule has 31 heavy (non-hydrogen) atoms. The first kappa shape index (κ1) is 20.2. The van der Waals surface area contributed by atoms with Gasteiger partial charge >= 0.3 is 0 Å². The number of halogens is 3. The number of aliphatic hydroxyl groups excluding tert-OH is 1. The minimum atomic E-state index is -0.931. The van der Waals surface area contributed by atoms with E-state index in [1.807, 2.05) is 12.1 Å². The Morgan fingerprint density at radius 2 is 1.94 bits per heavy atom. The van der Waals surface area contributed by atoms with Crippen LogP contribution in [0.1, 0.15) is 35.3 Å². The molecule has 0 fully saturated rings. The second-order valence-corrected chi connectivity index (χ2v) is 8.52. The molecule has 1 aliphatic carbocycles. The summed E-state index contributed by atoms with van der Waals surface area (Å²) in [7, 11) is 0. The molecular weight excluding hydrogens is 424 g/mol. The molecule has 5 nitrogen and oxygen atoms in total. The van der Waals surface area contributed by atoms with Gasteiger partial charge in [-0.1, -0.05) is 23.7 Å². The van der Waals surface area contributed by atoms with Crippen LogP contribution in [0.5, 0.6) is 0 Å². The van der Waals surface area contributed by atoms with Crippen molar-refractivity contribution in [3.63, 3.8) is 0 Å². The first-order chi connectivity index (χ1) is 14.8. The Hall–Kier alpha value is -2.77. The lowest BCUT2D eigenvalue weighted by molar-refractivity contribution is -0.129. The summed E-state index contributed by atoms with van der Waals surface area (Å²) in [6.45, 7) is 2.43. The van der Waals surface area contributed by atoms with Crippen molar-refractivity contribution in [2.24, 2.45) is 0 Å². The fraction of sp³-hybridized carbons (Fsp3) is 0.304. The average molecular weight is 444 g/mol. The van der Waals surface area contributed by atoms with E-state index in [0.717, 1.165) is 22.9 Å². The second-order valence-electron chi connectivity index (χ2n) is 8.09. The fourth-order valence-corrected chi connectivity index (χ4v) is 4.84. The van der Waals surface area contributed by atoms with Gasteiger partial charge in [-0.2, -0.15) is 5.10 Å². The summed E-state index contributed by atoms with van der Waals surface area (Å²) < 4.78 is 30.1. The molecule has 2 aliphatic rings. The van der Waals surface area contributed by atoms with E-state index >= 15 is 0 Å². The summed E-state index contributed by atoms with van der Waals surface area (Å²) in [5, 5.41) is 16.2. The summed E-state index contributed by atoms with van der Waals surface area (Å²) in [4.78, 5) is 13.8. The number of hydrogen-bond donors (Lipinski definition) is 1. The maximum Gasteiger partial charge on any atom is 0.219 e. The lowest BCUT2D eigenvalue weighted by Crippen LogP contribution is -2.35. The van der Waals surface area contributed by atoms with Gasteiger partial charge in [0.1, 0.15) is 17.7 Å². The van der Waals surface area contributed by atoms with Crippen LogP contribution in [0.25, 0.3) is 11.3 Å². The number of nitrogens with zero attached hydrogens (tertiary/aromatic N) is 3. The minimum absolute atomic E-state index is 0.0316. The average Bonchev–Trinajstić information content (AvgIpc) is 3.25. The monoisotopic (exact) mass is 443 g/mol. The van der Waals surface area contributed by atoms with Crippen molar-refractivity contribution < 1.29 is 18.7 Å². The van der Waals surface area contributed by atoms with Gasteiger partial charge < -0.3 is 10.0 Å². The zero-order chi connectivity index (χ0) is 21.9. The van der Waals surface area contributed by atoms with E-state index in [4.69, 9.17) is 16.7 Å². The fourth-order valence-electron chi connectivity index (χ4n) is 4.71. The Balaban J connectivity index is 1.69. The third kappa shape index (κ3) is 3.32. The van der Waals surface area contributed by atoms with Gasteiger partial charge in [0.25, 0.3) is 0 Å². The molecule has 0 spiro atoms. The molecule has 160 valence electrons. The molecule has 3 aromatic rings. The van der Waals surface area contributed by atoms with E-state index < -0.39 is 23.8 Å². The molecule has 2 atom stereocenters. The first-order valence-corrected chi connectivity index (χ1v) is 10.5. The van der Waals surface area contributed by atoms with Gasteiger partial charge in [0.05, 0.1) is 11.8 Å². The molecule has 0 saturated heterocycles. The summed E-state index contributed by atoms with van der Waals surface area (Å²) in [6, 6.07) is 8.65. The number of aromatic nitrogens is 2. The highest BCUT2D eigenvalue weighted by Crippen LogP contribution is 2.40. The Bertz CT molecular complexity index is 1190. The summed E-state index contributed by atoms with van der Waals surface area (Å²) in [5.74, 6) is -1.37. The van der Waals surface area contributed by atoms with Gasteiger partial charge in [-0.15, -0.1) is 0 Å². The molecule has 0 saturated carbocycles. The number of amides is 1. The topological polar surface area (TPSA) is 58.4 Å². The Labute approximate surface area is 182 Å². The normalized spacial score (nSPS) is 20.0. The van der Waals surface area contributed by atoms with Gasteiger partial charge in [0, 0.05) is 60.8 Å². The van der Waals surface area contributed by atoms with Gasteiger partial charge in [-0.3, -0.25) is 9.48 Å². The number of carbonyl (C=O) groups excluding carboxylic acids is 1. The lowest BCUT2D eigenvalue weighted by Gasteiger charge is -2.28. The van der Waals surface area contributed by atoms with Crippen molar-refractivity contribution >= 4 is 17.5 Å². The largest absolute Gasteiger partial charge is 0.390 e. The molecule has 0 bridgehead atoms. The van der Waals surface area contributed by atoms with E-state index in [1.165, 1.54) is 13.0 Å². The smallest absolute Gasteiger partial charge is 0.219 e. The maximum atomic E-state index is 14.4. The van der Waals surface area contributed by atoms with Crippen LogP contribution in [-0.2, 0) is 24.2 Å². The SMILES string of the molecule is CC(=O)N1CCc2c(c(-c3ccc(Cl)cc3)nn2C2c3cc(F)cc(F)c3CC2O)C1. The maximum absolute atomic E-state index is 14.4. The summed E-state index contributed by atoms with van der Waals surface area (Å²) in [5.41, 5.74) is 3.97. The predicted molar refractivity (Wildman–Crippen MR) is 112 cm³/mol. The van der Waals surface area contributed by atoms with Crippen LogP contribution >= 0.6 is 11.6 Å². The third-order valence-electron chi connectivity index (χ3n) is 6.20. The van der Waals surface area contributed by atoms with Crippen molar-refractivity contribution in [1.29, 1.82) is 0 Å². The minimum Gasteiger partial charge on any atom is -0.390 e. The predicted octanol–water partition coefficient (Wildman–Crippen LogP) is 3.89. The molecule has 2 unspecified atom stereocenters. The number of benzene rings is 2. The van der Waals surface area contributed by atoms with Gasteiger partial charge in [-0.05, 0) is 29.3 Å². The van der Waals surface area contributed by atoms with Crippen LogP contribution < -0.4 is 0 Å². The zero-order valence-electron chi connectivity index (χ0n) is 16.8. The highest BCUT2D eigenvalue weighted by Gasteiger charge is 2.39. The van der Waals surface area contributed by atoms with Crippen molar-refractivity contribution in [2.45, 2.75) is 38.5 Å². The number of rotatable bonds is 2. The van der Waals surface area contributed by atoms with Crippen LogP contribution in [0, 0.1) is 11.6 Å². The Morgan fingerprint density at radius 3 is 2.65 bits per heavy atom. The van der Waals surface area contributed by atoms with Crippen LogP contribution in [0.2, 0.25) is 5.02 Å². The number of aliphatic hydroxyl groups is 1. The van der Waals surface area contributed by atoms with E-state index in [9.17, 15) is 18.7 Å². The lowest BCUT2D eigenvalue weighted by atomic mass is 10.00. The van der Waals surface area contributed by atoms with Crippen molar-refractivity contribution in [3.05, 3.63) is 75.4 Å². The van der Waals surface area contributed by atoms with Crippen LogP contribution in [-0.4, -0.2) is 38.3 Å². The van der Waals surface area contributed by atoms with Crippen LogP contribution in [0.4, 0.5) is 8.78 Å². The van der Waals surface area contributed by atoms with E-state index in [2.05, 4.69) is 0 Å². The quantitative estimate of drug-likeness (QED) is 0.653. The molecule has 2 aromatic carbocycles. The Kier molecular flexibility index (Phi) is 4.83. The molecule has 8 heteroatoms. The van der Waals surface area contributed by atoms with Gasteiger partial charge in [-0.25, -0.2) is 8.78 Å². The standard InChI is InChI=1S/C23H20ClF2N3O2/c1-12(30)28-7-6-20-18(11-28)22(13-2-4-14(24)5-3-13)27-29(20)23-17-8-15(25)9-19(26)16(17)10-21(23)31/h2-5,8-9,21,23,31H,6-7,10-11H2,1H3. The molecular formula is C23H20ClF2N3O2. The van der Waals surface area contributed by atoms with E-state index in [-0.39, 0.29) is 12.3 Å². The molecule has 1 aliphatic heterocycles. The number of fused-ring (bicyclic) bond motifs is 2. The zero-order valence-corrected chi connectivity index (χ0v) is 17.5. The Morgan fingerprint density at radius 1 is 1.19 bits per heavy atom. The highest BCUT2D eigenvalue weighted by molar-refractivity contribution is 6.30. The molecule has 1 aromatic heterocycles. The highest BCUT2D eigenvalue weighted by atomic mass is 35.5. The number of hydrogen-bond acceptors (Lipinski definition) is 3. The summed E-state index contributed by atoms with van der Waals surface area (Å²) in [6.07, 6.45) is -0.304. The van der Waals surface area contributed by atoms with Crippen LogP contribution in [0.15, 0.2) is 36.4 Å². The molecule has 1 N–H and O–H groups in total. The molecule has 2 heterocycles. The summed E-state index contributed by atoms with van der Waals surface area (Å²) >= 11 is 6.04. The van der Waals surface area contributed by atoms with E-state index in [1.54, 1.807) is 21.7 Å². The molecule has 0 radical (unpaired) electrons. The van der Waals surface area contributed by atoms with E-state index in [0.29, 0.717) is 41.4 Å².